The van der Waals surface area contributed by atoms with Crippen LogP contribution in [0.5, 0.6) is 0 Å². The third-order valence-corrected chi connectivity index (χ3v) is 0.611. The Morgan fingerprint density at radius 1 is 0.800 bits per heavy atom. The van der Waals surface area contributed by atoms with E-state index in [1.165, 1.54) is 0 Å². The summed E-state index contributed by atoms with van der Waals surface area (Å²) >= 11 is 0. The van der Waals surface area contributed by atoms with E-state index in [0.717, 1.165) is 0 Å². The van der Waals surface area contributed by atoms with E-state index in [4.69, 9.17) is 0 Å². The highest BCUT2D eigenvalue weighted by Crippen LogP contribution is 2.26. The Balaban J connectivity index is 4.40. The second kappa shape index (κ2) is 2.14. The molecular weight excluding hydrogens is 164 g/mol. The van der Waals surface area contributed by atoms with Crippen molar-refractivity contribution in [3.05, 3.63) is 0 Å². The molecule has 0 rings (SSSR count). The van der Waals surface area contributed by atoms with Gasteiger partial charge in [-0.2, -0.15) is 26.3 Å². The van der Waals surface area contributed by atoms with Gasteiger partial charge in [-0.15, -0.1) is 0 Å². The number of hydrogen-bond acceptors (Lipinski definition) is 0. The van der Waals surface area contributed by atoms with E-state index in [0.29, 0.717) is 0 Å². The van der Waals surface area contributed by atoms with Gasteiger partial charge >= 0.3 is 18.1 Å². The molecule has 0 atom stereocenters. The van der Waals surface area contributed by atoms with Gasteiger partial charge in [0.2, 0.25) is 0 Å². The van der Waals surface area contributed by atoms with Crippen LogP contribution in [0.15, 0.2) is 0 Å². The molecule has 0 unspecified atom stereocenters. The normalized spacial score (nSPS) is 13.4. The van der Waals surface area contributed by atoms with Gasteiger partial charge < -0.3 is 0 Å². The second-order valence-electron chi connectivity index (χ2n) is 1.41. The molecule has 0 aliphatic carbocycles. The monoisotopic (exact) mass is 166 g/mol. The van der Waals surface area contributed by atoms with Gasteiger partial charge in [0.25, 0.3) is 0 Å². The minimum atomic E-state index is -5.49. The van der Waals surface area contributed by atoms with E-state index in [1.54, 1.807) is 0 Å². The minimum absolute atomic E-state index is 2.93. The molecule has 0 aromatic carbocycles. The van der Waals surface area contributed by atoms with Gasteiger partial charge in [-0.3, -0.25) is 0 Å². The lowest BCUT2D eigenvalue weighted by Gasteiger charge is -2.05. The first kappa shape index (κ1) is 9.25. The van der Waals surface area contributed by atoms with Crippen LogP contribution in [0.4, 0.5) is 26.3 Å². The molecule has 0 aliphatic rings. The van der Waals surface area contributed by atoms with Crippen molar-refractivity contribution >= 4 is 5.71 Å². The number of halogens is 6. The molecular formula is C3H2F6N+. The lowest BCUT2D eigenvalue weighted by atomic mass is 10.4. The maximum atomic E-state index is 11.1. The van der Waals surface area contributed by atoms with Crippen LogP contribution < -0.4 is 5.41 Å². The van der Waals surface area contributed by atoms with Crippen molar-refractivity contribution in [2.45, 2.75) is 12.4 Å². The van der Waals surface area contributed by atoms with Crippen LogP contribution in [0, 0.1) is 0 Å². The third kappa shape index (κ3) is 2.24. The number of alkyl halides is 6. The number of rotatable bonds is 0. The molecule has 60 valence electrons. The standard InChI is InChI=1S/C3HF6N/c4-2(5,6)1(10)3(7,8)9/h10H/p+1. The summed E-state index contributed by atoms with van der Waals surface area (Å²) in [4.78, 5) is 0. The van der Waals surface area contributed by atoms with E-state index in [2.05, 4.69) is 5.41 Å². The number of hydrogen-bond donors (Lipinski definition) is 1. The van der Waals surface area contributed by atoms with Gasteiger partial charge in [0.15, 0.2) is 0 Å². The van der Waals surface area contributed by atoms with Crippen LogP contribution in [0.25, 0.3) is 0 Å². The molecule has 0 spiro atoms. The predicted molar refractivity (Wildman–Crippen MR) is 19.0 cm³/mol. The zero-order valence-electron chi connectivity index (χ0n) is 4.35. The Labute approximate surface area is 51.1 Å². The van der Waals surface area contributed by atoms with Gasteiger partial charge in [-0.25, -0.2) is 5.41 Å². The zero-order chi connectivity index (χ0) is 8.58. The highest BCUT2D eigenvalue weighted by molar-refractivity contribution is 5.89. The molecule has 0 aromatic heterocycles. The van der Waals surface area contributed by atoms with E-state index >= 15 is 0 Å². The Hall–Kier alpha value is -0.750. The fourth-order valence-corrected chi connectivity index (χ4v) is 0.161. The van der Waals surface area contributed by atoms with Crippen molar-refractivity contribution in [3.8, 4) is 0 Å². The van der Waals surface area contributed by atoms with Crippen molar-refractivity contribution < 1.29 is 31.8 Å². The van der Waals surface area contributed by atoms with E-state index in [9.17, 15) is 26.3 Å². The Bertz CT molecular complexity index is 124. The molecule has 0 saturated heterocycles. The first-order valence-corrected chi connectivity index (χ1v) is 1.92. The van der Waals surface area contributed by atoms with E-state index < -0.39 is 18.1 Å². The maximum absolute atomic E-state index is 11.1. The van der Waals surface area contributed by atoms with Crippen LogP contribution in [-0.2, 0) is 0 Å². The maximum Gasteiger partial charge on any atom is 0.482 e. The first-order chi connectivity index (χ1) is 4.15. The summed E-state index contributed by atoms with van der Waals surface area (Å²) in [5.41, 5.74) is -2.93. The fraction of sp³-hybridized carbons (Fsp3) is 0.667. The largest absolute Gasteiger partial charge is 0.482 e. The molecule has 0 heterocycles. The fourth-order valence-electron chi connectivity index (χ4n) is 0.161. The summed E-state index contributed by atoms with van der Waals surface area (Å²) in [6.07, 6.45) is -11.0. The molecule has 0 radical (unpaired) electrons. The van der Waals surface area contributed by atoms with Crippen molar-refractivity contribution in [2.75, 3.05) is 0 Å². The Morgan fingerprint density at radius 2 is 1.00 bits per heavy atom. The minimum Gasteiger partial charge on any atom is -0.246 e. The van der Waals surface area contributed by atoms with Crippen LogP contribution in [0.3, 0.4) is 0 Å². The Morgan fingerprint density at radius 3 is 1.00 bits per heavy atom. The van der Waals surface area contributed by atoms with Crippen LogP contribution >= 0.6 is 0 Å². The third-order valence-electron chi connectivity index (χ3n) is 0.611. The molecule has 0 aliphatic heterocycles. The lowest BCUT2D eigenvalue weighted by molar-refractivity contribution is -0.217. The van der Waals surface area contributed by atoms with E-state index in [-0.39, 0.29) is 0 Å². The predicted octanol–water partition coefficient (Wildman–Crippen LogP) is 0.311. The van der Waals surface area contributed by atoms with Crippen molar-refractivity contribution in [1.82, 2.24) is 0 Å². The summed E-state index contributed by atoms with van der Waals surface area (Å²) in [5.74, 6) is 0. The molecule has 7 heteroatoms. The van der Waals surface area contributed by atoms with E-state index in [1.807, 2.05) is 0 Å². The average molecular weight is 166 g/mol. The average Bonchev–Trinajstić information content (AvgIpc) is 1.59. The van der Waals surface area contributed by atoms with Crippen LogP contribution in [-0.4, -0.2) is 18.1 Å². The molecule has 0 amide bonds. The zero-order valence-corrected chi connectivity index (χ0v) is 4.35. The summed E-state index contributed by atoms with van der Waals surface area (Å²) in [7, 11) is 0. The van der Waals surface area contributed by atoms with Gasteiger partial charge in [0, 0.05) is 0 Å². The summed E-state index contributed by atoms with van der Waals surface area (Å²) in [6.45, 7) is 0. The number of nitrogens with two attached hydrogens (primary N) is 1. The Kier molecular flexibility index (Phi) is 1.98. The smallest absolute Gasteiger partial charge is 0.246 e. The first-order valence-electron chi connectivity index (χ1n) is 1.92. The molecule has 0 saturated carbocycles. The quantitative estimate of drug-likeness (QED) is 0.396. The van der Waals surface area contributed by atoms with Gasteiger partial charge in [-0.05, 0) is 0 Å². The highest BCUT2D eigenvalue weighted by Gasteiger charge is 2.57. The summed E-state index contributed by atoms with van der Waals surface area (Å²) in [5, 5.41) is 3.69. The second-order valence-corrected chi connectivity index (χ2v) is 1.41. The summed E-state index contributed by atoms with van der Waals surface area (Å²) in [6, 6.07) is 0. The molecule has 0 bridgehead atoms. The van der Waals surface area contributed by atoms with Crippen LogP contribution in [0.1, 0.15) is 0 Å². The highest BCUT2D eigenvalue weighted by atomic mass is 19.4. The van der Waals surface area contributed by atoms with Crippen molar-refractivity contribution in [1.29, 1.82) is 0 Å². The molecule has 1 nitrogen and oxygen atoms in total. The van der Waals surface area contributed by atoms with Crippen LogP contribution in [0.2, 0.25) is 0 Å². The van der Waals surface area contributed by atoms with Crippen molar-refractivity contribution in [3.63, 3.8) is 0 Å². The lowest BCUT2D eigenvalue weighted by Crippen LogP contribution is -2.56. The van der Waals surface area contributed by atoms with Crippen molar-refractivity contribution in [2.24, 2.45) is 0 Å². The van der Waals surface area contributed by atoms with Gasteiger partial charge in [-0.1, -0.05) is 0 Å². The molecule has 0 aromatic rings. The topological polar surface area (TPSA) is 25.6 Å². The molecule has 2 N–H and O–H groups in total. The SMILES string of the molecule is [NH2+]=C(C(F)(F)F)C(F)(F)F. The summed E-state index contributed by atoms with van der Waals surface area (Å²) < 4.78 is 66.4. The molecule has 0 fully saturated rings. The molecule has 10 heavy (non-hydrogen) atoms. The van der Waals surface area contributed by atoms with Gasteiger partial charge in [0.05, 0.1) is 0 Å². The van der Waals surface area contributed by atoms with Gasteiger partial charge in [0.1, 0.15) is 0 Å².